The summed E-state index contributed by atoms with van der Waals surface area (Å²) in [4.78, 5) is 30.6. The number of urea groups is 1. The number of nitrogens with one attached hydrogen (secondary N) is 1. The maximum absolute atomic E-state index is 12.9. The Bertz CT molecular complexity index is 1190. The minimum Gasteiger partial charge on any atom is -0.490 e. The number of Topliss-reactive ketones (excluding diaryl/α,β-unsaturated/α-hetero) is 1. The number of hydrogen-bond acceptors (Lipinski definition) is 5. The van der Waals surface area contributed by atoms with Gasteiger partial charge in [-0.15, -0.1) is 0 Å². The van der Waals surface area contributed by atoms with E-state index in [0.29, 0.717) is 24.8 Å². The molecular formula is C28H29N3O4. The molecule has 2 heterocycles. The monoisotopic (exact) mass is 471 g/mol. The Morgan fingerprint density at radius 3 is 2.49 bits per heavy atom. The lowest BCUT2D eigenvalue weighted by Crippen LogP contribution is -2.40. The molecule has 0 atom stereocenters. The Morgan fingerprint density at radius 2 is 1.77 bits per heavy atom. The number of hydrogen-bond donors (Lipinski definition) is 1. The second kappa shape index (κ2) is 10.2. The number of para-hydroxylation sites is 1. The highest BCUT2D eigenvalue weighted by Crippen LogP contribution is 2.36. The molecule has 5 rings (SSSR count). The van der Waals surface area contributed by atoms with E-state index < -0.39 is 0 Å². The van der Waals surface area contributed by atoms with Crippen molar-refractivity contribution in [1.29, 1.82) is 0 Å². The zero-order valence-corrected chi connectivity index (χ0v) is 19.8. The smallest absolute Gasteiger partial charge is 0.326 e. The Balaban J connectivity index is 1.25. The molecule has 180 valence electrons. The van der Waals surface area contributed by atoms with Gasteiger partial charge in [-0.05, 0) is 68.5 Å². The standard InChI is InChI=1S/C28H29N3O4/c1-19(32)20-7-11-24(12-8-20)35-27-14-10-22(18-29-27)21-9-13-25-26(17-21)34-16-15-31(25)28(33)30-23-5-3-2-4-6-23/h2-6,9-10,13-14,17-18,20,24H,7-8,11-12,15-16H2,1H3,(H,30,33)/t20-,24-. The molecule has 3 aromatic rings. The summed E-state index contributed by atoms with van der Waals surface area (Å²) >= 11 is 0. The Kier molecular flexibility index (Phi) is 6.66. The second-order valence-electron chi connectivity index (χ2n) is 9.07. The first kappa shape index (κ1) is 22.9. The van der Waals surface area contributed by atoms with Crippen LogP contribution < -0.4 is 19.7 Å². The van der Waals surface area contributed by atoms with Crippen LogP contribution in [0.15, 0.2) is 66.9 Å². The SMILES string of the molecule is CC(=O)[C@H]1CC[C@H](Oc2ccc(-c3ccc4c(c3)OCCN4C(=O)Nc3ccccc3)cn2)CC1. The minimum absolute atomic E-state index is 0.106. The Hall–Kier alpha value is -3.87. The number of pyridine rings is 1. The molecule has 1 aliphatic heterocycles. The van der Waals surface area contributed by atoms with Gasteiger partial charge in [-0.25, -0.2) is 9.78 Å². The number of carbonyl (C=O) groups is 2. The number of aromatic nitrogens is 1. The van der Waals surface area contributed by atoms with Crippen molar-refractivity contribution in [2.75, 3.05) is 23.4 Å². The van der Waals surface area contributed by atoms with Gasteiger partial charge >= 0.3 is 6.03 Å². The molecule has 0 spiro atoms. The van der Waals surface area contributed by atoms with Crippen LogP contribution in [-0.4, -0.2) is 36.1 Å². The highest BCUT2D eigenvalue weighted by Gasteiger charge is 2.26. The molecule has 35 heavy (non-hydrogen) atoms. The molecule has 1 fully saturated rings. The average molecular weight is 472 g/mol. The first-order chi connectivity index (χ1) is 17.1. The summed E-state index contributed by atoms with van der Waals surface area (Å²) in [6.07, 6.45) is 5.42. The summed E-state index contributed by atoms with van der Waals surface area (Å²) in [5.41, 5.74) is 3.38. The summed E-state index contributed by atoms with van der Waals surface area (Å²) in [5.74, 6) is 1.72. The summed E-state index contributed by atoms with van der Waals surface area (Å²) < 4.78 is 11.9. The second-order valence-corrected chi connectivity index (χ2v) is 9.07. The molecule has 0 bridgehead atoms. The van der Waals surface area contributed by atoms with Gasteiger partial charge in [0.15, 0.2) is 0 Å². The van der Waals surface area contributed by atoms with Crippen molar-refractivity contribution >= 4 is 23.2 Å². The van der Waals surface area contributed by atoms with Gasteiger partial charge < -0.3 is 14.8 Å². The molecular weight excluding hydrogens is 442 g/mol. The molecule has 7 nitrogen and oxygen atoms in total. The van der Waals surface area contributed by atoms with Gasteiger partial charge in [0.25, 0.3) is 0 Å². The fourth-order valence-corrected chi connectivity index (χ4v) is 4.70. The average Bonchev–Trinajstić information content (AvgIpc) is 2.89. The van der Waals surface area contributed by atoms with E-state index in [1.165, 1.54) is 0 Å². The van der Waals surface area contributed by atoms with E-state index in [1.807, 2.05) is 60.7 Å². The normalized spacial score (nSPS) is 19.3. The van der Waals surface area contributed by atoms with Crippen molar-refractivity contribution in [2.45, 2.75) is 38.7 Å². The van der Waals surface area contributed by atoms with E-state index in [1.54, 1.807) is 18.0 Å². The molecule has 2 aromatic carbocycles. The lowest BCUT2D eigenvalue weighted by Gasteiger charge is -2.30. The fourth-order valence-electron chi connectivity index (χ4n) is 4.70. The van der Waals surface area contributed by atoms with Crippen LogP contribution in [0.25, 0.3) is 11.1 Å². The zero-order chi connectivity index (χ0) is 24.2. The lowest BCUT2D eigenvalue weighted by molar-refractivity contribution is -0.122. The van der Waals surface area contributed by atoms with Crippen molar-refractivity contribution in [3.8, 4) is 22.8 Å². The van der Waals surface area contributed by atoms with Gasteiger partial charge in [0.2, 0.25) is 5.88 Å². The fraction of sp³-hybridized carbons (Fsp3) is 0.321. The van der Waals surface area contributed by atoms with E-state index in [0.717, 1.165) is 48.2 Å². The topological polar surface area (TPSA) is 80.8 Å². The number of carbonyl (C=O) groups excluding carboxylic acids is 2. The van der Waals surface area contributed by atoms with Gasteiger partial charge in [0.05, 0.1) is 12.2 Å². The summed E-state index contributed by atoms with van der Waals surface area (Å²) in [6, 6.07) is 18.9. The number of fused-ring (bicyclic) bond motifs is 1. The van der Waals surface area contributed by atoms with Gasteiger partial charge in [-0.3, -0.25) is 9.69 Å². The van der Waals surface area contributed by atoms with E-state index >= 15 is 0 Å². The molecule has 0 saturated heterocycles. The van der Waals surface area contributed by atoms with Crippen molar-refractivity contribution < 1.29 is 19.1 Å². The quantitative estimate of drug-likeness (QED) is 0.516. The zero-order valence-electron chi connectivity index (χ0n) is 19.8. The number of ketones is 1. The molecule has 0 radical (unpaired) electrons. The third-order valence-corrected chi connectivity index (χ3v) is 6.70. The van der Waals surface area contributed by atoms with Crippen LogP contribution in [0.4, 0.5) is 16.2 Å². The molecule has 1 N–H and O–H groups in total. The van der Waals surface area contributed by atoms with Crippen LogP contribution in [0.2, 0.25) is 0 Å². The number of benzene rings is 2. The van der Waals surface area contributed by atoms with Crippen LogP contribution in [0.1, 0.15) is 32.6 Å². The first-order valence-electron chi connectivity index (χ1n) is 12.1. The maximum atomic E-state index is 12.9. The highest BCUT2D eigenvalue weighted by atomic mass is 16.5. The predicted molar refractivity (Wildman–Crippen MR) is 135 cm³/mol. The van der Waals surface area contributed by atoms with Crippen LogP contribution in [-0.2, 0) is 4.79 Å². The van der Waals surface area contributed by atoms with Gasteiger partial charge in [0.1, 0.15) is 24.2 Å². The summed E-state index contributed by atoms with van der Waals surface area (Å²) in [7, 11) is 0. The third kappa shape index (κ3) is 5.29. The van der Waals surface area contributed by atoms with Gasteiger partial charge in [-0.1, -0.05) is 24.3 Å². The van der Waals surface area contributed by atoms with E-state index in [9.17, 15) is 9.59 Å². The summed E-state index contributed by atoms with van der Waals surface area (Å²) in [6.45, 7) is 2.58. The summed E-state index contributed by atoms with van der Waals surface area (Å²) in [5, 5.41) is 2.94. The molecule has 1 aliphatic carbocycles. The van der Waals surface area contributed by atoms with Crippen molar-refractivity contribution in [2.24, 2.45) is 5.92 Å². The molecule has 1 saturated carbocycles. The molecule has 7 heteroatoms. The van der Waals surface area contributed by atoms with Crippen LogP contribution in [0, 0.1) is 5.92 Å². The highest BCUT2D eigenvalue weighted by molar-refractivity contribution is 6.03. The molecule has 2 aliphatic rings. The van der Waals surface area contributed by atoms with Gasteiger partial charge in [0, 0.05) is 29.4 Å². The maximum Gasteiger partial charge on any atom is 0.326 e. The lowest BCUT2D eigenvalue weighted by atomic mass is 9.85. The van der Waals surface area contributed by atoms with Crippen molar-refractivity contribution in [1.82, 2.24) is 4.98 Å². The Labute approximate surface area is 205 Å². The van der Waals surface area contributed by atoms with Crippen LogP contribution >= 0.6 is 0 Å². The van der Waals surface area contributed by atoms with E-state index in [2.05, 4.69) is 10.3 Å². The van der Waals surface area contributed by atoms with Gasteiger partial charge in [-0.2, -0.15) is 0 Å². The number of nitrogens with zero attached hydrogens (tertiary/aromatic N) is 2. The molecule has 2 amide bonds. The van der Waals surface area contributed by atoms with E-state index in [-0.39, 0.29) is 23.8 Å². The van der Waals surface area contributed by atoms with Crippen molar-refractivity contribution in [3.05, 3.63) is 66.9 Å². The minimum atomic E-state index is -0.186. The number of ether oxygens (including phenoxy) is 2. The van der Waals surface area contributed by atoms with E-state index in [4.69, 9.17) is 9.47 Å². The molecule has 0 unspecified atom stereocenters. The predicted octanol–water partition coefficient (Wildman–Crippen LogP) is 5.71. The van der Waals surface area contributed by atoms with Crippen LogP contribution in [0.5, 0.6) is 11.6 Å². The number of amides is 2. The first-order valence-corrected chi connectivity index (χ1v) is 12.1. The number of anilines is 2. The van der Waals surface area contributed by atoms with Crippen molar-refractivity contribution in [3.63, 3.8) is 0 Å². The Morgan fingerprint density at radius 1 is 1.00 bits per heavy atom. The molecule has 1 aromatic heterocycles. The third-order valence-electron chi connectivity index (χ3n) is 6.70. The van der Waals surface area contributed by atoms with Crippen LogP contribution in [0.3, 0.4) is 0 Å². The largest absolute Gasteiger partial charge is 0.490 e. The number of rotatable bonds is 5.